The molecule has 1 N–H and O–H groups in total. The normalized spacial score (nSPS) is 18.2. The molecular weight excluding hydrogens is 210 g/mol. The monoisotopic (exact) mass is 233 g/mol. The minimum atomic E-state index is 0.430. The lowest BCUT2D eigenvalue weighted by molar-refractivity contribution is 0.261. The van der Waals surface area contributed by atoms with Gasteiger partial charge in [-0.3, -0.25) is 0 Å². The average molecular weight is 233 g/mol. The summed E-state index contributed by atoms with van der Waals surface area (Å²) in [5, 5.41) is 3.64. The number of rotatable bonds is 5. The number of ether oxygens (including phenoxy) is 1. The summed E-state index contributed by atoms with van der Waals surface area (Å²) in [5.74, 6) is 0.968. The van der Waals surface area contributed by atoms with Crippen LogP contribution in [0.3, 0.4) is 0 Å². The highest BCUT2D eigenvalue weighted by molar-refractivity contribution is 5.26. The van der Waals surface area contributed by atoms with Gasteiger partial charge in [-0.25, -0.2) is 0 Å². The maximum absolute atomic E-state index is 5.77. The number of nitrogens with one attached hydrogen (secondary N) is 1. The summed E-state index contributed by atoms with van der Waals surface area (Å²) in [5.41, 5.74) is 1.27. The van der Waals surface area contributed by atoms with E-state index in [1.807, 2.05) is 12.1 Å². The zero-order valence-electron chi connectivity index (χ0n) is 10.9. The molecule has 94 valence electrons. The topological polar surface area (TPSA) is 21.3 Å². The molecule has 1 aliphatic carbocycles. The molecule has 2 nitrogen and oxygen atoms in total. The van der Waals surface area contributed by atoms with Crippen LogP contribution in [0.25, 0.3) is 0 Å². The minimum Gasteiger partial charge on any atom is -0.492 e. The lowest BCUT2D eigenvalue weighted by atomic mass is 10.2. The van der Waals surface area contributed by atoms with E-state index in [0.29, 0.717) is 12.1 Å². The first-order valence-electron chi connectivity index (χ1n) is 6.69. The predicted molar refractivity (Wildman–Crippen MR) is 71.5 cm³/mol. The molecule has 1 unspecified atom stereocenters. The van der Waals surface area contributed by atoms with E-state index >= 15 is 0 Å². The molecule has 0 aliphatic heterocycles. The molecule has 1 aromatic carbocycles. The van der Waals surface area contributed by atoms with Crippen LogP contribution in [-0.2, 0) is 0 Å². The second-order valence-electron chi connectivity index (χ2n) is 5.17. The molecule has 1 aliphatic rings. The van der Waals surface area contributed by atoms with Crippen molar-refractivity contribution in [3.05, 3.63) is 29.8 Å². The number of benzene rings is 1. The molecule has 2 rings (SSSR count). The Morgan fingerprint density at radius 2 is 1.88 bits per heavy atom. The number of aryl methyl sites for hydroxylation is 1. The Hall–Kier alpha value is -1.02. The van der Waals surface area contributed by atoms with E-state index in [2.05, 4.69) is 31.3 Å². The van der Waals surface area contributed by atoms with Gasteiger partial charge >= 0.3 is 0 Å². The third-order valence-corrected chi connectivity index (χ3v) is 3.40. The minimum absolute atomic E-state index is 0.430. The van der Waals surface area contributed by atoms with Gasteiger partial charge in [-0.1, -0.05) is 30.5 Å². The van der Waals surface area contributed by atoms with E-state index in [9.17, 15) is 0 Å². The Kier molecular flexibility index (Phi) is 4.43. The van der Waals surface area contributed by atoms with E-state index < -0.39 is 0 Å². The maximum Gasteiger partial charge on any atom is 0.119 e. The van der Waals surface area contributed by atoms with Crippen LogP contribution in [0.4, 0.5) is 0 Å². The van der Waals surface area contributed by atoms with Crippen LogP contribution in [0, 0.1) is 6.92 Å². The summed E-state index contributed by atoms with van der Waals surface area (Å²) in [6.07, 6.45) is 5.41. The van der Waals surface area contributed by atoms with Crippen molar-refractivity contribution in [3.63, 3.8) is 0 Å². The first kappa shape index (κ1) is 12.4. The van der Waals surface area contributed by atoms with Crippen molar-refractivity contribution in [1.29, 1.82) is 0 Å². The highest BCUT2D eigenvalue weighted by Crippen LogP contribution is 2.18. The van der Waals surface area contributed by atoms with Crippen LogP contribution < -0.4 is 10.1 Å². The van der Waals surface area contributed by atoms with E-state index in [4.69, 9.17) is 4.74 Å². The number of hydrogen-bond acceptors (Lipinski definition) is 2. The van der Waals surface area contributed by atoms with Gasteiger partial charge in [0, 0.05) is 12.1 Å². The Bertz CT molecular complexity index is 327. The van der Waals surface area contributed by atoms with E-state index in [-0.39, 0.29) is 0 Å². The zero-order valence-corrected chi connectivity index (χ0v) is 10.9. The van der Waals surface area contributed by atoms with Crippen LogP contribution in [0.1, 0.15) is 38.2 Å². The van der Waals surface area contributed by atoms with Crippen molar-refractivity contribution >= 4 is 0 Å². The van der Waals surface area contributed by atoms with Crippen LogP contribution in [0.15, 0.2) is 24.3 Å². The molecule has 1 atom stereocenters. The van der Waals surface area contributed by atoms with E-state index in [1.54, 1.807) is 0 Å². The molecule has 0 aromatic heterocycles. The van der Waals surface area contributed by atoms with Gasteiger partial charge in [0.1, 0.15) is 12.4 Å². The zero-order chi connectivity index (χ0) is 12.1. The molecule has 0 radical (unpaired) electrons. The SMILES string of the molecule is Cc1ccc(OCC(C)NC2CCCC2)cc1. The smallest absolute Gasteiger partial charge is 0.119 e. The lowest BCUT2D eigenvalue weighted by Crippen LogP contribution is -2.38. The Morgan fingerprint density at radius 1 is 1.24 bits per heavy atom. The van der Waals surface area contributed by atoms with Crippen molar-refractivity contribution in [2.75, 3.05) is 6.61 Å². The fourth-order valence-electron chi connectivity index (χ4n) is 2.40. The molecule has 0 heterocycles. The van der Waals surface area contributed by atoms with Crippen molar-refractivity contribution < 1.29 is 4.74 Å². The fraction of sp³-hybridized carbons (Fsp3) is 0.600. The van der Waals surface area contributed by atoms with Crippen LogP contribution in [0.5, 0.6) is 5.75 Å². The van der Waals surface area contributed by atoms with Crippen molar-refractivity contribution in [1.82, 2.24) is 5.32 Å². The van der Waals surface area contributed by atoms with Crippen molar-refractivity contribution in [2.24, 2.45) is 0 Å². The van der Waals surface area contributed by atoms with Gasteiger partial charge in [-0.2, -0.15) is 0 Å². The van der Waals surface area contributed by atoms with Gasteiger partial charge in [-0.15, -0.1) is 0 Å². The molecule has 0 amide bonds. The summed E-state index contributed by atoms with van der Waals surface area (Å²) < 4.78 is 5.77. The largest absolute Gasteiger partial charge is 0.492 e. The van der Waals surface area contributed by atoms with Crippen LogP contribution in [0.2, 0.25) is 0 Å². The first-order chi connectivity index (χ1) is 8.24. The number of hydrogen-bond donors (Lipinski definition) is 1. The standard InChI is InChI=1S/C15H23NO/c1-12-7-9-15(10-8-12)17-11-13(2)16-14-5-3-4-6-14/h7-10,13-14,16H,3-6,11H2,1-2H3. The highest BCUT2D eigenvalue weighted by Gasteiger charge is 2.16. The van der Waals surface area contributed by atoms with Gasteiger partial charge in [0.25, 0.3) is 0 Å². The molecule has 2 heteroatoms. The van der Waals surface area contributed by atoms with E-state index in [1.165, 1.54) is 31.2 Å². The average Bonchev–Trinajstić information content (AvgIpc) is 2.81. The van der Waals surface area contributed by atoms with Gasteiger partial charge in [0.05, 0.1) is 0 Å². The Labute approximate surface area is 104 Å². The third-order valence-electron chi connectivity index (χ3n) is 3.40. The van der Waals surface area contributed by atoms with Gasteiger partial charge in [-0.05, 0) is 38.8 Å². The summed E-state index contributed by atoms with van der Waals surface area (Å²) >= 11 is 0. The summed E-state index contributed by atoms with van der Waals surface area (Å²) in [6, 6.07) is 9.40. The Morgan fingerprint density at radius 3 is 2.53 bits per heavy atom. The second kappa shape index (κ2) is 6.06. The van der Waals surface area contributed by atoms with Gasteiger partial charge < -0.3 is 10.1 Å². The molecule has 1 fully saturated rings. The summed E-state index contributed by atoms with van der Waals surface area (Å²) in [6.45, 7) is 5.04. The predicted octanol–water partition coefficient (Wildman–Crippen LogP) is 3.29. The van der Waals surface area contributed by atoms with Gasteiger partial charge in [0.15, 0.2) is 0 Å². The van der Waals surface area contributed by atoms with Gasteiger partial charge in [0.2, 0.25) is 0 Å². The molecule has 1 aromatic rings. The quantitative estimate of drug-likeness (QED) is 0.842. The highest BCUT2D eigenvalue weighted by atomic mass is 16.5. The second-order valence-corrected chi connectivity index (χ2v) is 5.17. The van der Waals surface area contributed by atoms with Crippen LogP contribution in [-0.4, -0.2) is 18.7 Å². The molecule has 1 saturated carbocycles. The molecule has 0 saturated heterocycles. The summed E-state index contributed by atoms with van der Waals surface area (Å²) in [7, 11) is 0. The lowest BCUT2D eigenvalue weighted by Gasteiger charge is -2.19. The third kappa shape index (κ3) is 4.04. The molecular formula is C15H23NO. The molecule has 0 spiro atoms. The maximum atomic E-state index is 5.77. The first-order valence-corrected chi connectivity index (χ1v) is 6.69. The van der Waals surface area contributed by atoms with Crippen LogP contribution >= 0.6 is 0 Å². The summed E-state index contributed by atoms with van der Waals surface area (Å²) in [4.78, 5) is 0. The Balaban J connectivity index is 1.71. The molecule has 0 bridgehead atoms. The van der Waals surface area contributed by atoms with E-state index in [0.717, 1.165) is 12.4 Å². The van der Waals surface area contributed by atoms with Crippen molar-refractivity contribution in [3.8, 4) is 5.75 Å². The molecule has 17 heavy (non-hydrogen) atoms. The fourth-order valence-corrected chi connectivity index (χ4v) is 2.40. The van der Waals surface area contributed by atoms with Crippen molar-refractivity contribution in [2.45, 2.75) is 51.6 Å².